The van der Waals surface area contributed by atoms with Crippen LogP contribution in [0.3, 0.4) is 0 Å². The van der Waals surface area contributed by atoms with Crippen molar-refractivity contribution in [2.75, 3.05) is 19.7 Å². The highest BCUT2D eigenvalue weighted by Crippen LogP contribution is 2.24. The Balaban J connectivity index is 2.65. The zero-order chi connectivity index (χ0) is 14.6. The summed E-state index contributed by atoms with van der Waals surface area (Å²) >= 11 is 0. The Morgan fingerprint density at radius 1 is 1.42 bits per heavy atom. The number of carbonyl (C=O) groups is 2. The molecule has 1 aliphatic rings. The molecule has 0 aliphatic carbocycles. The molecule has 0 saturated carbocycles. The molecule has 0 radical (unpaired) electrons. The number of rotatable bonds is 3. The minimum Gasteiger partial charge on any atom is -0.481 e. The molecular formula is C14H23NO4. The molecule has 1 aliphatic heterocycles. The van der Waals surface area contributed by atoms with Crippen LogP contribution in [-0.2, 0) is 14.3 Å². The van der Waals surface area contributed by atoms with Crippen LogP contribution in [0, 0.1) is 5.41 Å². The summed E-state index contributed by atoms with van der Waals surface area (Å²) in [6.45, 7) is 9.36. The molecule has 0 aromatic rings. The van der Waals surface area contributed by atoms with Gasteiger partial charge < -0.3 is 14.7 Å². The number of amides is 1. The lowest BCUT2D eigenvalue weighted by Crippen LogP contribution is -2.45. The van der Waals surface area contributed by atoms with Crippen molar-refractivity contribution in [1.82, 2.24) is 4.90 Å². The quantitative estimate of drug-likeness (QED) is 0.792. The number of ether oxygens (including phenoxy) is 1. The summed E-state index contributed by atoms with van der Waals surface area (Å²) in [6.07, 6.45) is 1.17. The molecule has 0 aromatic carbocycles. The SMILES string of the molecule is C/C(=C\C(=O)N1CCO[C@H](CC(=O)O)C1)C(C)(C)C. The molecule has 108 valence electrons. The summed E-state index contributed by atoms with van der Waals surface area (Å²) in [5.74, 6) is -0.966. The minimum absolute atomic E-state index is 0.0393. The molecular weight excluding hydrogens is 246 g/mol. The van der Waals surface area contributed by atoms with Gasteiger partial charge >= 0.3 is 5.97 Å². The first-order chi connectivity index (χ1) is 8.70. The number of morpholine rings is 1. The lowest BCUT2D eigenvalue weighted by Gasteiger charge is -2.32. The van der Waals surface area contributed by atoms with Gasteiger partial charge in [0.2, 0.25) is 5.91 Å². The first-order valence-corrected chi connectivity index (χ1v) is 6.51. The molecule has 1 rings (SSSR count). The normalized spacial score (nSPS) is 21.4. The largest absolute Gasteiger partial charge is 0.481 e. The predicted octanol–water partition coefficient (Wildman–Crippen LogP) is 1.68. The highest BCUT2D eigenvalue weighted by atomic mass is 16.5. The first-order valence-electron chi connectivity index (χ1n) is 6.51. The molecule has 0 bridgehead atoms. The van der Waals surface area contributed by atoms with Gasteiger partial charge in [-0.2, -0.15) is 0 Å². The fourth-order valence-electron chi connectivity index (χ4n) is 1.73. The molecule has 1 fully saturated rings. The van der Waals surface area contributed by atoms with E-state index in [0.717, 1.165) is 5.57 Å². The third kappa shape index (κ3) is 5.03. The Morgan fingerprint density at radius 3 is 2.58 bits per heavy atom. The highest BCUT2D eigenvalue weighted by molar-refractivity contribution is 5.88. The lowest BCUT2D eigenvalue weighted by molar-refractivity contribution is -0.145. The van der Waals surface area contributed by atoms with Crippen molar-refractivity contribution in [3.63, 3.8) is 0 Å². The number of aliphatic carboxylic acids is 1. The first kappa shape index (κ1) is 15.7. The topological polar surface area (TPSA) is 66.8 Å². The molecule has 1 heterocycles. The third-order valence-corrected chi connectivity index (χ3v) is 3.38. The minimum atomic E-state index is -0.902. The van der Waals surface area contributed by atoms with E-state index in [0.29, 0.717) is 19.7 Å². The summed E-state index contributed by atoms with van der Waals surface area (Å²) in [6, 6.07) is 0. The molecule has 1 amide bonds. The number of carboxylic acids is 1. The van der Waals surface area contributed by atoms with Crippen molar-refractivity contribution in [2.24, 2.45) is 5.41 Å². The van der Waals surface area contributed by atoms with Gasteiger partial charge in [0.15, 0.2) is 0 Å². The van der Waals surface area contributed by atoms with Crippen molar-refractivity contribution < 1.29 is 19.4 Å². The van der Waals surface area contributed by atoms with Crippen LogP contribution in [0.15, 0.2) is 11.6 Å². The van der Waals surface area contributed by atoms with Gasteiger partial charge in [-0.05, 0) is 12.3 Å². The molecule has 1 atom stereocenters. The van der Waals surface area contributed by atoms with E-state index in [-0.39, 0.29) is 17.7 Å². The van der Waals surface area contributed by atoms with Crippen LogP contribution in [0.4, 0.5) is 0 Å². The second kappa shape index (κ2) is 6.19. The molecule has 1 saturated heterocycles. The molecule has 5 nitrogen and oxygen atoms in total. The molecule has 5 heteroatoms. The highest BCUT2D eigenvalue weighted by Gasteiger charge is 2.25. The summed E-state index contributed by atoms with van der Waals surface area (Å²) in [5, 5.41) is 8.75. The number of carbonyl (C=O) groups excluding carboxylic acids is 1. The molecule has 19 heavy (non-hydrogen) atoms. The van der Waals surface area contributed by atoms with Crippen LogP contribution >= 0.6 is 0 Å². The van der Waals surface area contributed by atoms with Gasteiger partial charge in [-0.25, -0.2) is 0 Å². The van der Waals surface area contributed by atoms with Crippen molar-refractivity contribution in [1.29, 1.82) is 0 Å². The summed E-state index contributed by atoms with van der Waals surface area (Å²) in [5.41, 5.74) is 0.973. The van der Waals surface area contributed by atoms with Gasteiger partial charge in [0, 0.05) is 19.2 Å². The maximum atomic E-state index is 12.1. The third-order valence-electron chi connectivity index (χ3n) is 3.38. The monoisotopic (exact) mass is 269 g/mol. The van der Waals surface area contributed by atoms with Crippen LogP contribution < -0.4 is 0 Å². The Labute approximate surface area is 114 Å². The van der Waals surface area contributed by atoms with E-state index >= 15 is 0 Å². The van der Waals surface area contributed by atoms with Gasteiger partial charge in [0.1, 0.15) is 0 Å². The zero-order valence-corrected chi connectivity index (χ0v) is 12.1. The van der Waals surface area contributed by atoms with Crippen LogP contribution in [0.2, 0.25) is 0 Å². The summed E-state index contributed by atoms with van der Waals surface area (Å²) in [4.78, 5) is 24.5. The number of allylic oxidation sites excluding steroid dienone is 1. The summed E-state index contributed by atoms with van der Waals surface area (Å²) < 4.78 is 5.35. The molecule has 0 aromatic heterocycles. The zero-order valence-electron chi connectivity index (χ0n) is 12.1. The maximum absolute atomic E-state index is 12.1. The number of nitrogens with zero attached hydrogens (tertiary/aromatic N) is 1. The number of hydrogen-bond donors (Lipinski definition) is 1. The van der Waals surface area contributed by atoms with E-state index in [9.17, 15) is 9.59 Å². The van der Waals surface area contributed by atoms with Crippen LogP contribution in [0.5, 0.6) is 0 Å². The van der Waals surface area contributed by atoms with E-state index < -0.39 is 12.1 Å². The standard InChI is InChI=1S/C14H23NO4/c1-10(14(2,3)4)7-12(16)15-5-6-19-11(9-15)8-13(17)18/h7,11H,5-6,8-9H2,1-4H3,(H,17,18)/b10-7+/t11-/m1/s1. The number of carboxylic acid groups (broad SMARTS) is 1. The van der Waals surface area contributed by atoms with Crippen molar-refractivity contribution in [2.45, 2.75) is 40.2 Å². The Bertz CT molecular complexity index is 381. The van der Waals surface area contributed by atoms with Crippen molar-refractivity contribution in [3.05, 3.63) is 11.6 Å². The second-order valence-corrected chi connectivity index (χ2v) is 5.95. The Hall–Kier alpha value is -1.36. The van der Waals surface area contributed by atoms with Gasteiger partial charge in [-0.15, -0.1) is 0 Å². The van der Waals surface area contributed by atoms with Crippen LogP contribution in [-0.4, -0.2) is 47.7 Å². The van der Waals surface area contributed by atoms with E-state index in [4.69, 9.17) is 9.84 Å². The molecule has 1 N–H and O–H groups in total. The van der Waals surface area contributed by atoms with E-state index in [2.05, 4.69) is 20.8 Å². The van der Waals surface area contributed by atoms with Crippen molar-refractivity contribution in [3.8, 4) is 0 Å². The van der Waals surface area contributed by atoms with E-state index in [1.54, 1.807) is 11.0 Å². The van der Waals surface area contributed by atoms with Crippen LogP contribution in [0.1, 0.15) is 34.1 Å². The van der Waals surface area contributed by atoms with E-state index in [1.165, 1.54) is 0 Å². The van der Waals surface area contributed by atoms with Crippen LogP contribution in [0.25, 0.3) is 0 Å². The average molecular weight is 269 g/mol. The fourth-order valence-corrected chi connectivity index (χ4v) is 1.73. The Kier molecular flexibility index (Phi) is 5.11. The number of hydrogen-bond acceptors (Lipinski definition) is 3. The fraction of sp³-hybridized carbons (Fsp3) is 0.714. The molecule has 0 spiro atoms. The van der Waals surface area contributed by atoms with Gasteiger partial charge in [0.05, 0.1) is 19.1 Å². The van der Waals surface area contributed by atoms with Gasteiger partial charge in [0.25, 0.3) is 0 Å². The Morgan fingerprint density at radius 2 is 2.05 bits per heavy atom. The molecule has 0 unspecified atom stereocenters. The van der Waals surface area contributed by atoms with Crippen molar-refractivity contribution >= 4 is 11.9 Å². The average Bonchev–Trinajstić information content (AvgIpc) is 2.27. The predicted molar refractivity (Wildman–Crippen MR) is 71.8 cm³/mol. The summed E-state index contributed by atoms with van der Waals surface area (Å²) in [7, 11) is 0. The smallest absolute Gasteiger partial charge is 0.306 e. The van der Waals surface area contributed by atoms with Gasteiger partial charge in [-0.1, -0.05) is 26.3 Å². The van der Waals surface area contributed by atoms with E-state index in [1.807, 2.05) is 6.92 Å². The lowest BCUT2D eigenvalue weighted by atomic mass is 9.87. The second-order valence-electron chi connectivity index (χ2n) is 5.95. The van der Waals surface area contributed by atoms with Gasteiger partial charge in [-0.3, -0.25) is 9.59 Å². The maximum Gasteiger partial charge on any atom is 0.306 e.